The predicted octanol–water partition coefficient (Wildman–Crippen LogP) is 3.00. The van der Waals surface area contributed by atoms with Gasteiger partial charge >= 0.3 is 0 Å². The van der Waals surface area contributed by atoms with Gasteiger partial charge in [0.15, 0.2) is 0 Å². The molecule has 0 saturated carbocycles. The number of aromatic nitrogens is 1. The van der Waals surface area contributed by atoms with Crippen LogP contribution in [0.25, 0.3) is 10.9 Å². The summed E-state index contributed by atoms with van der Waals surface area (Å²) in [6.45, 7) is 3.46. The van der Waals surface area contributed by atoms with Crippen LogP contribution in [0, 0.1) is 5.82 Å². The predicted molar refractivity (Wildman–Crippen MR) is 62.0 cm³/mol. The first-order chi connectivity index (χ1) is 7.61. The van der Waals surface area contributed by atoms with Crippen molar-refractivity contribution in [3.05, 3.63) is 35.3 Å². The number of halogens is 1. The molecule has 0 bridgehead atoms. The van der Waals surface area contributed by atoms with Gasteiger partial charge in [-0.05, 0) is 36.6 Å². The minimum atomic E-state index is -0.195. The fourth-order valence-electron chi connectivity index (χ4n) is 1.93. The standard InChI is InChI=1S/C13H14FNO/c1-3-9-5-13-11(6-12(9)14)10(7-15-13)4-8(2)16/h5-7,15H,3-4H2,1-2H3. The van der Waals surface area contributed by atoms with Crippen LogP contribution in [0.4, 0.5) is 4.39 Å². The van der Waals surface area contributed by atoms with Crippen molar-refractivity contribution in [3.8, 4) is 0 Å². The number of fused-ring (bicyclic) bond motifs is 1. The molecule has 2 nitrogen and oxygen atoms in total. The summed E-state index contributed by atoms with van der Waals surface area (Å²) in [5, 5.41) is 0.810. The van der Waals surface area contributed by atoms with E-state index in [0.29, 0.717) is 18.4 Å². The first-order valence-corrected chi connectivity index (χ1v) is 5.39. The van der Waals surface area contributed by atoms with Crippen LogP contribution in [-0.4, -0.2) is 10.8 Å². The molecule has 0 spiro atoms. The Hall–Kier alpha value is -1.64. The maximum atomic E-state index is 13.6. The van der Waals surface area contributed by atoms with Gasteiger partial charge in [-0.2, -0.15) is 0 Å². The SMILES string of the molecule is CCc1cc2[nH]cc(CC(C)=O)c2cc1F. The Morgan fingerprint density at radius 1 is 1.38 bits per heavy atom. The van der Waals surface area contributed by atoms with Crippen LogP contribution in [0.1, 0.15) is 25.0 Å². The summed E-state index contributed by atoms with van der Waals surface area (Å²) < 4.78 is 13.6. The zero-order valence-electron chi connectivity index (χ0n) is 9.43. The molecule has 1 heterocycles. The van der Waals surface area contributed by atoms with E-state index in [-0.39, 0.29) is 11.6 Å². The highest BCUT2D eigenvalue weighted by atomic mass is 19.1. The highest BCUT2D eigenvalue weighted by Crippen LogP contribution is 2.23. The van der Waals surface area contributed by atoms with Crippen molar-refractivity contribution < 1.29 is 9.18 Å². The summed E-state index contributed by atoms with van der Waals surface area (Å²) in [5.41, 5.74) is 2.46. The van der Waals surface area contributed by atoms with Gasteiger partial charge in [0.2, 0.25) is 0 Å². The maximum Gasteiger partial charge on any atom is 0.134 e. The number of nitrogens with one attached hydrogen (secondary N) is 1. The lowest BCUT2D eigenvalue weighted by molar-refractivity contribution is -0.116. The van der Waals surface area contributed by atoms with Crippen LogP contribution < -0.4 is 0 Å². The number of carbonyl (C=O) groups is 1. The summed E-state index contributed by atoms with van der Waals surface area (Å²) in [4.78, 5) is 14.1. The van der Waals surface area contributed by atoms with E-state index in [9.17, 15) is 9.18 Å². The van der Waals surface area contributed by atoms with E-state index in [1.807, 2.05) is 13.0 Å². The number of rotatable bonds is 3. The Kier molecular flexibility index (Phi) is 2.77. The van der Waals surface area contributed by atoms with Gasteiger partial charge in [0.05, 0.1) is 0 Å². The Bertz CT molecular complexity index is 542. The molecular formula is C13H14FNO. The number of Topliss-reactive ketones (excluding diaryl/α,β-unsaturated/α-hetero) is 1. The zero-order chi connectivity index (χ0) is 11.7. The molecule has 0 saturated heterocycles. The Labute approximate surface area is 93.5 Å². The summed E-state index contributed by atoms with van der Waals surface area (Å²) in [6.07, 6.45) is 2.80. The van der Waals surface area contributed by atoms with E-state index in [4.69, 9.17) is 0 Å². The lowest BCUT2D eigenvalue weighted by atomic mass is 10.0. The lowest BCUT2D eigenvalue weighted by Crippen LogP contribution is -1.95. The quantitative estimate of drug-likeness (QED) is 0.845. The van der Waals surface area contributed by atoms with Crippen molar-refractivity contribution in [2.24, 2.45) is 0 Å². The van der Waals surface area contributed by atoms with Crippen LogP contribution in [0.15, 0.2) is 18.3 Å². The molecule has 0 aliphatic heterocycles. The topological polar surface area (TPSA) is 32.9 Å². The first-order valence-electron chi connectivity index (χ1n) is 5.39. The van der Waals surface area contributed by atoms with Gasteiger partial charge in [0, 0.05) is 23.5 Å². The second-order valence-corrected chi connectivity index (χ2v) is 4.04. The van der Waals surface area contributed by atoms with Crippen LogP contribution in [0.2, 0.25) is 0 Å². The van der Waals surface area contributed by atoms with Gasteiger partial charge in [0.1, 0.15) is 11.6 Å². The highest BCUT2D eigenvalue weighted by molar-refractivity contribution is 5.89. The van der Waals surface area contributed by atoms with Crippen molar-refractivity contribution >= 4 is 16.7 Å². The monoisotopic (exact) mass is 219 g/mol. The summed E-state index contributed by atoms with van der Waals surface area (Å²) in [7, 11) is 0. The average molecular weight is 219 g/mol. The molecule has 0 atom stereocenters. The third-order valence-corrected chi connectivity index (χ3v) is 2.75. The molecule has 0 amide bonds. The van der Waals surface area contributed by atoms with E-state index in [1.54, 1.807) is 6.20 Å². The molecule has 0 unspecified atom stereocenters. The second kappa shape index (κ2) is 4.08. The molecule has 0 aliphatic rings. The number of H-pyrrole nitrogens is 1. The largest absolute Gasteiger partial charge is 0.361 e. The van der Waals surface area contributed by atoms with Crippen LogP contribution in [0.3, 0.4) is 0 Å². The van der Waals surface area contributed by atoms with Gasteiger partial charge in [-0.25, -0.2) is 4.39 Å². The van der Waals surface area contributed by atoms with E-state index in [0.717, 1.165) is 16.5 Å². The van der Waals surface area contributed by atoms with Crippen molar-refractivity contribution in [1.82, 2.24) is 4.98 Å². The van der Waals surface area contributed by atoms with Crippen LogP contribution in [-0.2, 0) is 17.6 Å². The zero-order valence-corrected chi connectivity index (χ0v) is 9.43. The summed E-state index contributed by atoms with van der Waals surface area (Å²) >= 11 is 0. The van der Waals surface area contributed by atoms with Crippen molar-refractivity contribution in [2.45, 2.75) is 26.7 Å². The van der Waals surface area contributed by atoms with Gasteiger partial charge in [0.25, 0.3) is 0 Å². The van der Waals surface area contributed by atoms with Crippen molar-refractivity contribution in [3.63, 3.8) is 0 Å². The van der Waals surface area contributed by atoms with E-state index < -0.39 is 0 Å². The molecule has 2 aromatic rings. The molecule has 1 N–H and O–H groups in total. The Balaban J connectivity index is 2.55. The number of benzene rings is 1. The third kappa shape index (κ3) is 1.85. The highest BCUT2D eigenvalue weighted by Gasteiger charge is 2.09. The molecule has 0 aliphatic carbocycles. The van der Waals surface area contributed by atoms with Gasteiger partial charge in [-0.15, -0.1) is 0 Å². The molecule has 2 rings (SSSR count). The molecule has 1 aromatic carbocycles. The lowest BCUT2D eigenvalue weighted by Gasteiger charge is -2.01. The van der Waals surface area contributed by atoms with E-state index >= 15 is 0 Å². The third-order valence-electron chi connectivity index (χ3n) is 2.75. The summed E-state index contributed by atoms with van der Waals surface area (Å²) in [6, 6.07) is 3.33. The number of hydrogen-bond donors (Lipinski definition) is 1. The maximum absolute atomic E-state index is 13.6. The molecule has 1 aromatic heterocycles. The van der Waals surface area contributed by atoms with E-state index in [1.165, 1.54) is 13.0 Å². The van der Waals surface area contributed by atoms with Crippen LogP contribution >= 0.6 is 0 Å². The average Bonchev–Trinajstić information content (AvgIpc) is 2.59. The van der Waals surface area contributed by atoms with Gasteiger partial charge < -0.3 is 4.98 Å². The second-order valence-electron chi connectivity index (χ2n) is 4.04. The smallest absolute Gasteiger partial charge is 0.134 e. The minimum absolute atomic E-state index is 0.0841. The fourth-order valence-corrected chi connectivity index (χ4v) is 1.93. The van der Waals surface area contributed by atoms with Gasteiger partial charge in [-0.1, -0.05) is 6.92 Å². The molecule has 16 heavy (non-hydrogen) atoms. The first kappa shape index (κ1) is 10.9. The fraction of sp³-hybridized carbons (Fsp3) is 0.308. The normalized spacial score (nSPS) is 10.9. The van der Waals surface area contributed by atoms with Gasteiger partial charge in [-0.3, -0.25) is 4.79 Å². The molecule has 0 fully saturated rings. The summed E-state index contributed by atoms with van der Waals surface area (Å²) in [5.74, 6) is -0.111. The minimum Gasteiger partial charge on any atom is -0.361 e. The van der Waals surface area contributed by atoms with Crippen LogP contribution in [0.5, 0.6) is 0 Å². The molecule has 3 heteroatoms. The Morgan fingerprint density at radius 2 is 2.12 bits per heavy atom. The molecular weight excluding hydrogens is 205 g/mol. The molecule has 0 radical (unpaired) electrons. The number of carbonyl (C=O) groups excluding carboxylic acids is 1. The van der Waals surface area contributed by atoms with E-state index in [2.05, 4.69) is 4.98 Å². The number of aromatic amines is 1. The van der Waals surface area contributed by atoms with Crippen molar-refractivity contribution in [2.75, 3.05) is 0 Å². The Morgan fingerprint density at radius 3 is 2.75 bits per heavy atom. The number of ketones is 1. The number of hydrogen-bond acceptors (Lipinski definition) is 1. The molecule has 84 valence electrons. The number of aryl methyl sites for hydroxylation is 1. The van der Waals surface area contributed by atoms with Crippen molar-refractivity contribution in [1.29, 1.82) is 0 Å².